The number of aryl methyl sites for hydroxylation is 1. The van der Waals surface area contributed by atoms with Gasteiger partial charge in [0, 0.05) is 29.5 Å². The number of pyridine rings is 1. The number of nitrogens with one attached hydrogen (secondary N) is 1. The lowest BCUT2D eigenvalue weighted by atomic mass is 10.1. The topological polar surface area (TPSA) is 104 Å². The molecule has 1 N–H and O–H groups in total. The van der Waals surface area contributed by atoms with Crippen LogP contribution in [0.15, 0.2) is 30.5 Å². The summed E-state index contributed by atoms with van der Waals surface area (Å²) in [6, 6.07) is 5.60. The van der Waals surface area contributed by atoms with Gasteiger partial charge in [-0.25, -0.2) is 4.79 Å². The van der Waals surface area contributed by atoms with Crippen LogP contribution in [0.3, 0.4) is 0 Å². The zero-order valence-corrected chi connectivity index (χ0v) is 13.5. The van der Waals surface area contributed by atoms with Crippen molar-refractivity contribution in [3.05, 3.63) is 57.4 Å². The highest BCUT2D eigenvalue weighted by Crippen LogP contribution is 2.24. The van der Waals surface area contributed by atoms with E-state index >= 15 is 0 Å². The third-order valence-corrected chi connectivity index (χ3v) is 3.39. The Balaban J connectivity index is 2.01. The third-order valence-electron chi connectivity index (χ3n) is 3.39. The number of nitro benzene ring substituents is 1. The van der Waals surface area contributed by atoms with Crippen LogP contribution in [0, 0.1) is 24.0 Å². The number of nitrogens with zero attached hydrogens (tertiary/aromatic N) is 2. The van der Waals surface area contributed by atoms with Gasteiger partial charge in [-0.3, -0.25) is 20.4 Å². The van der Waals surface area contributed by atoms with Gasteiger partial charge in [-0.15, -0.1) is 0 Å². The Hall–Kier alpha value is -3.16. The van der Waals surface area contributed by atoms with E-state index in [4.69, 9.17) is 9.47 Å². The first-order chi connectivity index (χ1) is 11.4. The molecule has 126 valence electrons. The molecule has 2 aromatic rings. The summed E-state index contributed by atoms with van der Waals surface area (Å²) in [6.07, 6.45) is 0.916. The molecule has 8 nitrogen and oxygen atoms in total. The second-order valence-electron chi connectivity index (χ2n) is 5.05. The van der Waals surface area contributed by atoms with E-state index in [0.29, 0.717) is 11.4 Å². The molecule has 0 aliphatic rings. The van der Waals surface area contributed by atoms with E-state index in [0.717, 1.165) is 11.1 Å². The fraction of sp³-hybridized carbons (Fsp3) is 0.250. The molecule has 0 saturated heterocycles. The molecule has 1 heterocycles. The summed E-state index contributed by atoms with van der Waals surface area (Å²) in [4.78, 5) is 26.2. The van der Waals surface area contributed by atoms with Gasteiger partial charge in [-0.05, 0) is 19.9 Å². The van der Waals surface area contributed by atoms with E-state index in [1.807, 2.05) is 13.8 Å². The maximum Gasteiger partial charge on any atom is 0.412 e. The number of rotatable bonds is 5. The first-order valence-electron chi connectivity index (χ1n) is 7.09. The van der Waals surface area contributed by atoms with E-state index in [2.05, 4.69) is 10.3 Å². The van der Waals surface area contributed by atoms with Crippen LogP contribution in [0.25, 0.3) is 0 Å². The van der Waals surface area contributed by atoms with E-state index in [1.165, 1.54) is 24.3 Å². The molecule has 1 amide bonds. The normalized spacial score (nSPS) is 10.1. The summed E-state index contributed by atoms with van der Waals surface area (Å²) in [7, 11) is 1.56. The number of ether oxygens (including phenoxy) is 2. The van der Waals surface area contributed by atoms with Crippen molar-refractivity contribution in [3.8, 4) is 5.75 Å². The van der Waals surface area contributed by atoms with Crippen molar-refractivity contribution >= 4 is 17.5 Å². The smallest absolute Gasteiger partial charge is 0.412 e. The number of carbonyl (C=O) groups is 1. The lowest BCUT2D eigenvalue weighted by Gasteiger charge is -2.12. The Kier molecular flexibility index (Phi) is 5.31. The maximum absolute atomic E-state index is 11.8. The molecule has 24 heavy (non-hydrogen) atoms. The molecule has 0 unspecified atom stereocenters. The van der Waals surface area contributed by atoms with Gasteiger partial charge in [0.2, 0.25) is 0 Å². The standard InChI is InChI=1S/C16H17N3O5/c1-10-8-17-14(11(2)15(10)23-3)9-24-16(20)18-12-5-4-6-13(7-12)19(21)22/h4-8H,9H2,1-3H3,(H,18,20). The van der Waals surface area contributed by atoms with Crippen molar-refractivity contribution in [2.45, 2.75) is 20.5 Å². The highest BCUT2D eigenvalue weighted by Gasteiger charge is 2.13. The number of hydrogen-bond acceptors (Lipinski definition) is 6. The van der Waals surface area contributed by atoms with Crippen molar-refractivity contribution in [2.24, 2.45) is 0 Å². The highest BCUT2D eigenvalue weighted by molar-refractivity contribution is 5.85. The minimum atomic E-state index is -0.726. The van der Waals surface area contributed by atoms with Gasteiger partial charge in [0.1, 0.15) is 12.4 Å². The van der Waals surface area contributed by atoms with Crippen LogP contribution >= 0.6 is 0 Å². The van der Waals surface area contributed by atoms with Gasteiger partial charge in [0.15, 0.2) is 0 Å². The number of aromatic nitrogens is 1. The fourth-order valence-electron chi connectivity index (χ4n) is 2.20. The molecule has 0 bridgehead atoms. The Labute approximate surface area is 138 Å². The number of methoxy groups -OCH3 is 1. The highest BCUT2D eigenvalue weighted by atomic mass is 16.6. The fourth-order valence-corrected chi connectivity index (χ4v) is 2.20. The molecule has 0 aliphatic heterocycles. The Morgan fingerprint density at radius 1 is 1.38 bits per heavy atom. The third kappa shape index (κ3) is 3.97. The van der Waals surface area contributed by atoms with Crippen LogP contribution in [-0.4, -0.2) is 23.1 Å². The van der Waals surface area contributed by atoms with E-state index in [1.54, 1.807) is 13.3 Å². The zero-order chi connectivity index (χ0) is 17.7. The number of anilines is 1. The SMILES string of the molecule is COc1c(C)cnc(COC(=O)Nc2cccc([N+](=O)[O-])c2)c1C. The van der Waals surface area contributed by atoms with E-state index < -0.39 is 11.0 Å². The molecular weight excluding hydrogens is 314 g/mol. The largest absolute Gasteiger partial charge is 0.496 e. The molecule has 1 aromatic carbocycles. The second kappa shape index (κ2) is 7.40. The molecule has 2 rings (SSSR count). The van der Waals surface area contributed by atoms with Crippen molar-refractivity contribution < 1.29 is 19.2 Å². The predicted molar refractivity (Wildman–Crippen MR) is 87.2 cm³/mol. The number of nitro groups is 1. The maximum atomic E-state index is 11.8. The first kappa shape index (κ1) is 17.2. The molecular formula is C16H17N3O5. The van der Waals surface area contributed by atoms with Crippen LogP contribution in [0.1, 0.15) is 16.8 Å². The molecule has 0 fully saturated rings. The first-order valence-corrected chi connectivity index (χ1v) is 7.09. The predicted octanol–water partition coefficient (Wildman–Crippen LogP) is 3.36. The lowest BCUT2D eigenvalue weighted by Crippen LogP contribution is -2.14. The van der Waals surface area contributed by atoms with Gasteiger partial charge in [-0.1, -0.05) is 6.07 Å². The summed E-state index contributed by atoms with van der Waals surface area (Å²) >= 11 is 0. The Morgan fingerprint density at radius 3 is 2.79 bits per heavy atom. The van der Waals surface area contributed by atoms with Crippen molar-refractivity contribution in [2.75, 3.05) is 12.4 Å². The molecule has 0 radical (unpaired) electrons. The van der Waals surface area contributed by atoms with Crippen molar-refractivity contribution in [1.29, 1.82) is 0 Å². The number of benzene rings is 1. The molecule has 8 heteroatoms. The summed E-state index contributed by atoms with van der Waals surface area (Å²) < 4.78 is 10.4. The average molecular weight is 331 g/mol. The summed E-state index contributed by atoms with van der Waals surface area (Å²) in [5.74, 6) is 0.697. The van der Waals surface area contributed by atoms with Crippen molar-refractivity contribution in [3.63, 3.8) is 0 Å². The van der Waals surface area contributed by atoms with Gasteiger partial charge < -0.3 is 9.47 Å². The monoisotopic (exact) mass is 331 g/mol. The van der Waals surface area contributed by atoms with E-state index in [-0.39, 0.29) is 18.0 Å². The van der Waals surface area contributed by atoms with Crippen LogP contribution in [0.4, 0.5) is 16.2 Å². The second-order valence-corrected chi connectivity index (χ2v) is 5.05. The Bertz CT molecular complexity index is 776. The average Bonchev–Trinajstić information content (AvgIpc) is 2.55. The van der Waals surface area contributed by atoms with Gasteiger partial charge in [-0.2, -0.15) is 0 Å². The van der Waals surface area contributed by atoms with E-state index in [9.17, 15) is 14.9 Å². The molecule has 0 spiro atoms. The minimum absolute atomic E-state index is 0.0385. The number of non-ortho nitro benzene ring substituents is 1. The summed E-state index contributed by atoms with van der Waals surface area (Å²) in [5, 5.41) is 13.2. The molecule has 0 saturated carbocycles. The van der Waals surface area contributed by atoms with Gasteiger partial charge in [0.05, 0.1) is 23.4 Å². The van der Waals surface area contributed by atoms with Gasteiger partial charge >= 0.3 is 6.09 Å². The van der Waals surface area contributed by atoms with Crippen LogP contribution in [0.5, 0.6) is 5.75 Å². The lowest BCUT2D eigenvalue weighted by molar-refractivity contribution is -0.384. The van der Waals surface area contributed by atoms with Crippen molar-refractivity contribution in [1.82, 2.24) is 4.98 Å². The minimum Gasteiger partial charge on any atom is -0.496 e. The van der Waals surface area contributed by atoms with Crippen LogP contribution < -0.4 is 10.1 Å². The summed E-state index contributed by atoms with van der Waals surface area (Å²) in [6.45, 7) is 3.66. The molecule has 0 aliphatic carbocycles. The zero-order valence-electron chi connectivity index (χ0n) is 13.5. The van der Waals surface area contributed by atoms with Gasteiger partial charge in [0.25, 0.3) is 5.69 Å². The molecule has 1 aromatic heterocycles. The Morgan fingerprint density at radius 2 is 2.12 bits per heavy atom. The quantitative estimate of drug-likeness (QED) is 0.665. The van der Waals surface area contributed by atoms with Crippen LogP contribution in [-0.2, 0) is 11.3 Å². The number of hydrogen-bond donors (Lipinski definition) is 1. The number of amides is 1. The molecule has 0 atom stereocenters. The van der Waals surface area contributed by atoms with Crippen LogP contribution in [0.2, 0.25) is 0 Å². The summed E-state index contributed by atoms with van der Waals surface area (Å²) in [5.41, 5.74) is 2.42. The number of carbonyl (C=O) groups excluding carboxylic acids is 1.